The van der Waals surface area contributed by atoms with Crippen molar-refractivity contribution in [2.24, 2.45) is 5.92 Å². The van der Waals surface area contributed by atoms with Gasteiger partial charge in [-0.2, -0.15) is 0 Å². The van der Waals surface area contributed by atoms with Gasteiger partial charge >= 0.3 is 5.97 Å². The van der Waals surface area contributed by atoms with Gasteiger partial charge in [0.25, 0.3) is 0 Å². The minimum Gasteiger partial charge on any atom is -0.508 e. The standard InChI is InChI=1S/C17H14O4/c18-13(7-6-11-4-2-1-3-5-11)17-12-10-16(20)21-15(12)9-8-14(17)19/h1-9,12,15,18H,10H2. The number of carbonyl (C=O) groups is 2. The van der Waals surface area contributed by atoms with Crippen LogP contribution in [0.5, 0.6) is 0 Å². The molecule has 4 heteroatoms. The van der Waals surface area contributed by atoms with Crippen LogP contribution in [0.25, 0.3) is 6.08 Å². The highest BCUT2D eigenvalue weighted by Gasteiger charge is 2.41. The van der Waals surface area contributed by atoms with Crippen molar-refractivity contribution in [2.75, 3.05) is 0 Å². The van der Waals surface area contributed by atoms with Gasteiger partial charge in [0, 0.05) is 11.5 Å². The molecule has 1 N–H and O–H groups in total. The molecule has 0 radical (unpaired) electrons. The van der Waals surface area contributed by atoms with Gasteiger partial charge in [0.2, 0.25) is 0 Å². The molecule has 0 amide bonds. The van der Waals surface area contributed by atoms with E-state index in [0.29, 0.717) is 0 Å². The summed E-state index contributed by atoms with van der Waals surface area (Å²) in [5.41, 5.74) is 1.17. The Balaban J connectivity index is 1.92. The molecule has 1 aliphatic heterocycles. The van der Waals surface area contributed by atoms with E-state index in [1.165, 1.54) is 12.2 Å². The Bertz CT molecular complexity index is 667. The van der Waals surface area contributed by atoms with E-state index in [1.54, 1.807) is 12.2 Å². The van der Waals surface area contributed by atoms with E-state index < -0.39 is 12.0 Å². The molecule has 3 rings (SSSR count). The molecule has 0 saturated carbocycles. The van der Waals surface area contributed by atoms with Crippen LogP contribution >= 0.6 is 0 Å². The molecule has 0 aromatic heterocycles. The maximum absolute atomic E-state index is 12.0. The Morgan fingerprint density at radius 2 is 2.00 bits per heavy atom. The second-order valence-corrected chi connectivity index (χ2v) is 5.03. The van der Waals surface area contributed by atoms with Crippen LogP contribution in [0.15, 0.2) is 59.9 Å². The molecule has 21 heavy (non-hydrogen) atoms. The molecule has 1 aromatic rings. The highest BCUT2D eigenvalue weighted by Crippen LogP contribution is 2.35. The zero-order valence-corrected chi connectivity index (χ0v) is 11.2. The molecule has 0 bridgehead atoms. The largest absolute Gasteiger partial charge is 0.508 e. The van der Waals surface area contributed by atoms with E-state index in [-0.39, 0.29) is 29.5 Å². The summed E-state index contributed by atoms with van der Waals surface area (Å²) in [6.45, 7) is 0. The van der Waals surface area contributed by atoms with Crippen molar-refractivity contribution in [1.82, 2.24) is 0 Å². The monoisotopic (exact) mass is 282 g/mol. The van der Waals surface area contributed by atoms with Gasteiger partial charge in [0.05, 0.1) is 6.42 Å². The normalized spacial score (nSPS) is 26.9. The quantitative estimate of drug-likeness (QED) is 0.514. The lowest BCUT2D eigenvalue weighted by Gasteiger charge is -2.20. The third-order valence-electron chi connectivity index (χ3n) is 3.63. The van der Waals surface area contributed by atoms with E-state index in [2.05, 4.69) is 0 Å². The Morgan fingerprint density at radius 1 is 1.24 bits per heavy atom. The molecule has 0 spiro atoms. The van der Waals surface area contributed by atoms with Crippen LogP contribution in [0.4, 0.5) is 0 Å². The number of rotatable bonds is 2. The lowest BCUT2D eigenvalue weighted by atomic mass is 9.84. The van der Waals surface area contributed by atoms with Crippen LogP contribution in [-0.4, -0.2) is 23.0 Å². The second-order valence-electron chi connectivity index (χ2n) is 5.03. The fraction of sp³-hybridized carbons (Fsp3) is 0.176. The van der Waals surface area contributed by atoms with E-state index in [0.717, 1.165) is 5.56 Å². The molecule has 2 atom stereocenters. The van der Waals surface area contributed by atoms with Crippen LogP contribution in [0, 0.1) is 5.92 Å². The summed E-state index contributed by atoms with van der Waals surface area (Å²) in [4.78, 5) is 23.4. The number of hydrogen-bond acceptors (Lipinski definition) is 4. The molecule has 1 fully saturated rings. The molecule has 1 aromatic carbocycles. The Morgan fingerprint density at radius 3 is 2.76 bits per heavy atom. The Kier molecular flexibility index (Phi) is 3.44. The Hall–Kier alpha value is -2.62. The van der Waals surface area contributed by atoms with E-state index in [9.17, 15) is 14.7 Å². The molecule has 2 aliphatic rings. The summed E-state index contributed by atoms with van der Waals surface area (Å²) >= 11 is 0. The number of allylic oxidation sites excluding steroid dienone is 2. The second kappa shape index (κ2) is 5.40. The first-order valence-corrected chi connectivity index (χ1v) is 6.73. The van der Waals surface area contributed by atoms with Crippen molar-refractivity contribution in [3.05, 3.63) is 65.5 Å². The number of carbonyl (C=O) groups excluding carboxylic acids is 2. The van der Waals surface area contributed by atoms with Crippen molar-refractivity contribution in [3.63, 3.8) is 0 Å². The summed E-state index contributed by atoms with van der Waals surface area (Å²) in [5, 5.41) is 10.2. The average Bonchev–Trinajstić information content (AvgIpc) is 2.86. The number of aliphatic hydroxyl groups is 1. The van der Waals surface area contributed by atoms with Crippen LogP contribution in [0.1, 0.15) is 12.0 Å². The first kappa shape index (κ1) is 13.4. The third kappa shape index (κ3) is 2.65. The highest BCUT2D eigenvalue weighted by molar-refractivity contribution is 6.07. The summed E-state index contributed by atoms with van der Waals surface area (Å²) in [6, 6.07) is 9.46. The number of aliphatic hydroxyl groups excluding tert-OH is 1. The number of fused-ring (bicyclic) bond motifs is 1. The van der Waals surface area contributed by atoms with Gasteiger partial charge in [0.1, 0.15) is 11.9 Å². The van der Waals surface area contributed by atoms with Crippen LogP contribution < -0.4 is 0 Å². The summed E-state index contributed by atoms with van der Waals surface area (Å²) < 4.78 is 5.11. The smallest absolute Gasteiger partial charge is 0.307 e. The predicted molar refractivity (Wildman–Crippen MR) is 77.3 cm³/mol. The van der Waals surface area contributed by atoms with Gasteiger partial charge in [-0.25, -0.2) is 0 Å². The first-order chi connectivity index (χ1) is 10.1. The number of ketones is 1. The molecule has 4 nitrogen and oxygen atoms in total. The number of esters is 1. The summed E-state index contributed by atoms with van der Waals surface area (Å²) in [6.07, 6.45) is 5.82. The molecule has 1 aliphatic carbocycles. The number of ether oxygens (including phenoxy) is 1. The van der Waals surface area contributed by atoms with Gasteiger partial charge in [0.15, 0.2) is 5.78 Å². The van der Waals surface area contributed by atoms with Crippen molar-refractivity contribution in [3.8, 4) is 0 Å². The minimum atomic E-state index is -0.447. The fourth-order valence-corrected chi connectivity index (χ4v) is 2.62. The zero-order valence-electron chi connectivity index (χ0n) is 11.2. The zero-order chi connectivity index (χ0) is 14.8. The Labute approximate surface area is 122 Å². The highest BCUT2D eigenvalue weighted by atomic mass is 16.5. The summed E-state index contributed by atoms with van der Waals surface area (Å²) in [5.74, 6) is -1.12. The molecule has 1 heterocycles. The lowest BCUT2D eigenvalue weighted by Crippen LogP contribution is -2.25. The van der Waals surface area contributed by atoms with Gasteiger partial charge < -0.3 is 9.84 Å². The molecule has 2 unspecified atom stereocenters. The van der Waals surface area contributed by atoms with Crippen molar-refractivity contribution >= 4 is 17.8 Å². The van der Waals surface area contributed by atoms with Crippen LogP contribution in [0.3, 0.4) is 0 Å². The first-order valence-electron chi connectivity index (χ1n) is 6.73. The molecule has 1 saturated heterocycles. The predicted octanol–water partition coefficient (Wildman–Crippen LogP) is 2.58. The SMILES string of the molecule is O=C1CC2C(=C(O)C=Cc3ccccc3)C(=O)C=CC2O1. The maximum Gasteiger partial charge on any atom is 0.307 e. The molecular weight excluding hydrogens is 268 g/mol. The van der Waals surface area contributed by atoms with Crippen molar-refractivity contribution in [1.29, 1.82) is 0 Å². The number of benzene rings is 1. The maximum atomic E-state index is 12.0. The molecule has 106 valence electrons. The van der Waals surface area contributed by atoms with Crippen LogP contribution in [0.2, 0.25) is 0 Å². The van der Waals surface area contributed by atoms with Gasteiger partial charge in [-0.1, -0.05) is 36.4 Å². The van der Waals surface area contributed by atoms with E-state index >= 15 is 0 Å². The van der Waals surface area contributed by atoms with Crippen LogP contribution in [-0.2, 0) is 14.3 Å². The van der Waals surface area contributed by atoms with Gasteiger partial charge in [-0.15, -0.1) is 0 Å². The molecular formula is C17H14O4. The van der Waals surface area contributed by atoms with Gasteiger partial charge in [-0.05, 0) is 23.8 Å². The third-order valence-corrected chi connectivity index (χ3v) is 3.63. The van der Waals surface area contributed by atoms with Crippen molar-refractivity contribution in [2.45, 2.75) is 12.5 Å². The topological polar surface area (TPSA) is 63.6 Å². The lowest BCUT2D eigenvalue weighted by molar-refractivity contribution is -0.140. The average molecular weight is 282 g/mol. The van der Waals surface area contributed by atoms with Gasteiger partial charge in [-0.3, -0.25) is 9.59 Å². The van der Waals surface area contributed by atoms with E-state index in [4.69, 9.17) is 4.74 Å². The van der Waals surface area contributed by atoms with E-state index in [1.807, 2.05) is 30.3 Å². The van der Waals surface area contributed by atoms with Crippen molar-refractivity contribution < 1.29 is 19.4 Å². The summed E-state index contributed by atoms with van der Waals surface area (Å²) in [7, 11) is 0. The fourth-order valence-electron chi connectivity index (χ4n) is 2.62. The number of hydrogen-bond donors (Lipinski definition) is 1. The minimum absolute atomic E-state index is 0.110.